The van der Waals surface area contributed by atoms with Gasteiger partial charge in [-0.15, -0.1) is 0 Å². The number of benzene rings is 1. The molecule has 1 atom stereocenters. The number of hydrogen-bond donors (Lipinski definition) is 0. The topological polar surface area (TPSA) is 62.5 Å². The van der Waals surface area contributed by atoms with Gasteiger partial charge in [0.05, 0.1) is 12.6 Å². The first kappa shape index (κ1) is 16.6. The van der Waals surface area contributed by atoms with E-state index in [1.807, 2.05) is 48.9 Å². The number of carbonyl (C=O) groups is 1. The lowest BCUT2D eigenvalue weighted by Gasteiger charge is -2.22. The van der Waals surface area contributed by atoms with Gasteiger partial charge < -0.3 is 9.42 Å². The molecule has 1 fully saturated rings. The van der Waals surface area contributed by atoms with E-state index in [9.17, 15) is 4.79 Å². The van der Waals surface area contributed by atoms with Gasteiger partial charge in [-0.3, -0.25) is 9.69 Å². The van der Waals surface area contributed by atoms with Crippen LogP contribution in [0.1, 0.15) is 43.5 Å². The molecule has 1 aliphatic heterocycles. The van der Waals surface area contributed by atoms with Crippen LogP contribution in [0.3, 0.4) is 0 Å². The number of amides is 1. The highest BCUT2D eigenvalue weighted by atomic mass is 16.5. The van der Waals surface area contributed by atoms with E-state index in [4.69, 9.17) is 4.52 Å². The van der Waals surface area contributed by atoms with Gasteiger partial charge in [0.1, 0.15) is 0 Å². The summed E-state index contributed by atoms with van der Waals surface area (Å²) < 4.78 is 5.23. The molecule has 6 nitrogen and oxygen atoms in total. The monoisotopic (exact) mass is 328 g/mol. The van der Waals surface area contributed by atoms with Crippen LogP contribution in [-0.4, -0.2) is 45.5 Å². The highest BCUT2D eigenvalue weighted by molar-refractivity contribution is 5.83. The van der Waals surface area contributed by atoms with Crippen molar-refractivity contribution < 1.29 is 9.32 Å². The molecule has 1 aromatic heterocycles. The second-order valence-corrected chi connectivity index (χ2v) is 6.67. The van der Waals surface area contributed by atoms with E-state index in [2.05, 4.69) is 22.3 Å². The van der Waals surface area contributed by atoms with Crippen molar-refractivity contribution in [3.05, 3.63) is 47.6 Å². The Balaban J connectivity index is 1.59. The molecule has 6 heteroatoms. The average molecular weight is 328 g/mol. The summed E-state index contributed by atoms with van der Waals surface area (Å²) in [6.07, 6.45) is 0.830. The van der Waals surface area contributed by atoms with Crippen molar-refractivity contribution in [2.24, 2.45) is 0 Å². The number of aromatic nitrogens is 2. The fourth-order valence-corrected chi connectivity index (χ4v) is 2.99. The minimum atomic E-state index is -0.116. The first-order valence-corrected chi connectivity index (χ1v) is 8.40. The van der Waals surface area contributed by atoms with E-state index < -0.39 is 0 Å². The van der Waals surface area contributed by atoms with Crippen molar-refractivity contribution >= 4 is 5.91 Å². The maximum absolute atomic E-state index is 12.7. The second-order valence-electron chi connectivity index (χ2n) is 6.67. The van der Waals surface area contributed by atoms with Gasteiger partial charge in [-0.05, 0) is 19.0 Å². The number of hydrogen-bond acceptors (Lipinski definition) is 5. The molecular weight excluding hydrogens is 304 g/mol. The largest absolute Gasteiger partial charge is 0.339 e. The fourth-order valence-electron chi connectivity index (χ4n) is 2.99. The first-order chi connectivity index (χ1) is 11.5. The van der Waals surface area contributed by atoms with Gasteiger partial charge in [0.25, 0.3) is 0 Å². The van der Waals surface area contributed by atoms with Crippen molar-refractivity contribution in [3.8, 4) is 0 Å². The number of nitrogens with zero attached hydrogens (tertiary/aromatic N) is 4. The first-order valence-electron chi connectivity index (χ1n) is 8.40. The summed E-state index contributed by atoms with van der Waals surface area (Å²) in [5, 5.41) is 4.01. The van der Waals surface area contributed by atoms with Gasteiger partial charge in [-0.1, -0.05) is 49.3 Å². The quantitative estimate of drug-likeness (QED) is 0.815. The normalized spacial score (nSPS) is 18.1. The molecule has 24 heavy (non-hydrogen) atoms. The molecule has 1 amide bonds. The predicted molar refractivity (Wildman–Crippen MR) is 90.1 cm³/mol. The van der Waals surface area contributed by atoms with Gasteiger partial charge in [-0.2, -0.15) is 4.98 Å². The molecule has 0 saturated carbocycles. The van der Waals surface area contributed by atoms with E-state index >= 15 is 0 Å². The number of carbonyl (C=O) groups excluding carboxylic acids is 1. The molecule has 128 valence electrons. The third kappa shape index (κ3) is 3.64. The number of likely N-dealkylation sites (tertiary alicyclic amines) is 1. The van der Waals surface area contributed by atoms with E-state index in [0.29, 0.717) is 24.8 Å². The molecular formula is C18H24N4O2. The maximum Gasteiger partial charge on any atom is 0.240 e. The maximum atomic E-state index is 12.7. The van der Waals surface area contributed by atoms with Gasteiger partial charge in [0.15, 0.2) is 5.82 Å². The number of likely N-dealkylation sites (N-methyl/N-ethyl adjacent to an activating group) is 1. The lowest BCUT2D eigenvalue weighted by Crippen LogP contribution is -2.39. The van der Waals surface area contributed by atoms with Crippen LogP contribution < -0.4 is 0 Å². The summed E-state index contributed by atoms with van der Waals surface area (Å²) in [6, 6.07) is 9.98. The van der Waals surface area contributed by atoms with Crippen molar-refractivity contribution in [1.29, 1.82) is 0 Å². The van der Waals surface area contributed by atoms with Crippen LogP contribution in [0.25, 0.3) is 0 Å². The lowest BCUT2D eigenvalue weighted by molar-refractivity contribution is -0.132. The Morgan fingerprint density at radius 3 is 2.75 bits per heavy atom. The second kappa shape index (κ2) is 7.13. The van der Waals surface area contributed by atoms with Gasteiger partial charge in [0.2, 0.25) is 11.8 Å². The molecule has 0 aliphatic carbocycles. The third-order valence-electron chi connectivity index (χ3n) is 4.39. The van der Waals surface area contributed by atoms with E-state index in [1.165, 1.54) is 0 Å². The highest BCUT2D eigenvalue weighted by Gasteiger charge is 2.34. The summed E-state index contributed by atoms with van der Waals surface area (Å²) in [6.45, 7) is 6.01. The van der Waals surface area contributed by atoms with Crippen LogP contribution in [0.4, 0.5) is 0 Å². The average Bonchev–Trinajstić information content (AvgIpc) is 3.16. The van der Waals surface area contributed by atoms with Crippen LogP contribution in [-0.2, 0) is 17.9 Å². The van der Waals surface area contributed by atoms with Gasteiger partial charge in [0, 0.05) is 19.0 Å². The molecule has 1 saturated heterocycles. The van der Waals surface area contributed by atoms with Crippen molar-refractivity contribution in [2.75, 3.05) is 13.6 Å². The van der Waals surface area contributed by atoms with Crippen molar-refractivity contribution in [1.82, 2.24) is 19.9 Å². The zero-order chi connectivity index (χ0) is 17.1. The minimum absolute atomic E-state index is 0.116. The summed E-state index contributed by atoms with van der Waals surface area (Å²) in [7, 11) is 1.94. The molecule has 0 N–H and O–H groups in total. The van der Waals surface area contributed by atoms with E-state index in [1.54, 1.807) is 0 Å². The van der Waals surface area contributed by atoms with Crippen LogP contribution in [0, 0.1) is 0 Å². The molecule has 1 unspecified atom stereocenters. The standard InChI is InChI=1S/C18H24N4O2/c1-13(2)17-19-16(20-24-17)12-21(3)15-9-10-22(18(15)23)11-14-7-5-4-6-8-14/h4-8,13,15H,9-12H2,1-3H3. The molecule has 3 rings (SSSR count). The lowest BCUT2D eigenvalue weighted by atomic mass is 10.2. The zero-order valence-electron chi connectivity index (χ0n) is 14.5. The Bertz CT molecular complexity index is 683. The van der Waals surface area contributed by atoms with Crippen molar-refractivity contribution in [3.63, 3.8) is 0 Å². The Labute approximate surface area is 142 Å². The number of rotatable bonds is 6. The van der Waals surface area contributed by atoms with E-state index in [-0.39, 0.29) is 17.9 Å². The summed E-state index contributed by atoms with van der Waals surface area (Å²) in [5.74, 6) is 1.66. The summed E-state index contributed by atoms with van der Waals surface area (Å²) >= 11 is 0. The smallest absolute Gasteiger partial charge is 0.240 e. The predicted octanol–water partition coefficient (Wildman–Crippen LogP) is 2.43. The minimum Gasteiger partial charge on any atom is -0.339 e. The molecule has 1 aliphatic rings. The molecule has 2 aromatic rings. The van der Waals surface area contributed by atoms with Gasteiger partial charge in [-0.25, -0.2) is 0 Å². The third-order valence-corrected chi connectivity index (χ3v) is 4.39. The molecule has 0 radical (unpaired) electrons. The molecule has 0 spiro atoms. The van der Waals surface area contributed by atoms with Crippen molar-refractivity contribution in [2.45, 2.75) is 45.3 Å². The summed E-state index contributed by atoms with van der Waals surface area (Å²) in [4.78, 5) is 21.0. The van der Waals surface area contributed by atoms with Crippen LogP contribution in [0.2, 0.25) is 0 Å². The Morgan fingerprint density at radius 1 is 1.33 bits per heavy atom. The highest BCUT2D eigenvalue weighted by Crippen LogP contribution is 2.20. The molecule has 0 bridgehead atoms. The Kier molecular flexibility index (Phi) is 4.94. The Hall–Kier alpha value is -2.21. The summed E-state index contributed by atoms with van der Waals surface area (Å²) in [5.41, 5.74) is 1.16. The Morgan fingerprint density at radius 2 is 2.08 bits per heavy atom. The van der Waals surface area contributed by atoms with Gasteiger partial charge >= 0.3 is 0 Å². The van der Waals surface area contributed by atoms with Crippen LogP contribution in [0.15, 0.2) is 34.9 Å². The molecule has 1 aromatic carbocycles. The van der Waals surface area contributed by atoms with Crippen LogP contribution >= 0.6 is 0 Å². The van der Waals surface area contributed by atoms with E-state index in [0.717, 1.165) is 18.5 Å². The van der Waals surface area contributed by atoms with Crippen LogP contribution in [0.5, 0.6) is 0 Å². The zero-order valence-corrected chi connectivity index (χ0v) is 14.5. The SMILES string of the molecule is CC(C)c1nc(CN(C)C2CCN(Cc3ccccc3)C2=O)no1. The fraction of sp³-hybridized carbons (Fsp3) is 0.500. The molecule has 2 heterocycles.